The number of hydrogen-bond acceptors (Lipinski definition) is 5. The van der Waals surface area contributed by atoms with E-state index in [9.17, 15) is 19.8 Å². The number of rotatable bonds is 3. The third-order valence-electron chi connectivity index (χ3n) is 4.30. The van der Waals surface area contributed by atoms with E-state index in [0.29, 0.717) is 18.1 Å². The number of benzene rings is 1. The maximum absolute atomic E-state index is 12.9. The summed E-state index contributed by atoms with van der Waals surface area (Å²) in [6, 6.07) is 3.75. The van der Waals surface area contributed by atoms with Gasteiger partial charge >= 0.3 is 5.97 Å². The van der Waals surface area contributed by atoms with Crippen LogP contribution in [0.1, 0.15) is 34.5 Å². The molecule has 0 aliphatic carbocycles. The molecule has 1 amide bonds. The van der Waals surface area contributed by atoms with Gasteiger partial charge in [-0.1, -0.05) is 13.0 Å². The number of phenols is 1. The number of carboxylic acid groups (broad SMARTS) is 1. The summed E-state index contributed by atoms with van der Waals surface area (Å²) < 4.78 is 1.70. The largest absolute Gasteiger partial charge is 0.507 e. The van der Waals surface area contributed by atoms with Crippen LogP contribution in [-0.2, 0) is 24.3 Å². The van der Waals surface area contributed by atoms with Crippen molar-refractivity contribution >= 4 is 11.9 Å². The van der Waals surface area contributed by atoms with E-state index in [2.05, 4.69) is 10.2 Å². The number of amides is 1. The molecule has 24 heavy (non-hydrogen) atoms. The predicted octanol–water partition coefficient (Wildman–Crippen LogP) is 0.964. The minimum atomic E-state index is -1.10. The molecule has 3 rings (SSSR count). The number of aromatic nitrogens is 3. The monoisotopic (exact) mass is 330 g/mol. The molecule has 8 nitrogen and oxygen atoms in total. The van der Waals surface area contributed by atoms with E-state index in [1.807, 2.05) is 6.92 Å². The average molecular weight is 330 g/mol. The molecule has 8 heteroatoms. The Morgan fingerprint density at radius 3 is 2.75 bits per heavy atom. The maximum Gasteiger partial charge on any atom is 0.328 e. The Hall–Kier alpha value is -2.90. The Balaban J connectivity index is 2.00. The zero-order valence-corrected chi connectivity index (χ0v) is 13.4. The maximum atomic E-state index is 12.9. The molecule has 2 heterocycles. The van der Waals surface area contributed by atoms with Crippen molar-refractivity contribution < 1.29 is 19.8 Å². The fourth-order valence-electron chi connectivity index (χ4n) is 2.87. The van der Waals surface area contributed by atoms with Gasteiger partial charge in [-0.05, 0) is 31.0 Å². The quantitative estimate of drug-likeness (QED) is 0.868. The highest BCUT2D eigenvalue weighted by molar-refractivity contribution is 5.99. The van der Waals surface area contributed by atoms with Crippen LogP contribution >= 0.6 is 0 Å². The van der Waals surface area contributed by atoms with Gasteiger partial charge in [0.1, 0.15) is 17.6 Å². The van der Waals surface area contributed by atoms with E-state index >= 15 is 0 Å². The lowest BCUT2D eigenvalue weighted by molar-refractivity contribution is -0.143. The molecule has 0 fully saturated rings. The van der Waals surface area contributed by atoms with Crippen molar-refractivity contribution in [1.29, 1.82) is 0 Å². The zero-order valence-electron chi connectivity index (χ0n) is 13.4. The van der Waals surface area contributed by atoms with Crippen LogP contribution in [0.25, 0.3) is 0 Å². The summed E-state index contributed by atoms with van der Waals surface area (Å²) in [4.78, 5) is 25.7. The zero-order chi connectivity index (χ0) is 17.4. The van der Waals surface area contributed by atoms with Gasteiger partial charge < -0.3 is 19.7 Å². The highest BCUT2D eigenvalue weighted by atomic mass is 16.4. The Bertz CT molecular complexity index is 814. The van der Waals surface area contributed by atoms with Crippen molar-refractivity contribution in [3.63, 3.8) is 0 Å². The average Bonchev–Trinajstić information content (AvgIpc) is 2.94. The fraction of sp³-hybridized carbons (Fsp3) is 0.375. The van der Waals surface area contributed by atoms with E-state index < -0.39 is 17.9 Å². The third kappa shape index (κ3) is 2.60. The smallest absolute Gasteiger partial charge is 0.328 e. The fourth-order valence-corrected chi connectivity index (χ4v) is 2.87. The summed E-state index contributed by atoms with van der Waals surface area (Å²) in [5.74, 6) is -0.649. The molecule has 0 bridgehead atoms. The molecule has 1 atom stereocenters. The second kappa shape index (κ2) is 5.95. The molecule has 2 N–H and O–H groups in total. The normalized spacial score (nSPS) is 16.8. The predicted molar refractivity (Wildman–Crippen MR) is 83.5 cm³/mol. The Morgan fingerprint density at radius 1 is 1.33 bits per heavy atom. The summed E-state index contributed by atoms with van der Waals surface area (Å²) in [5.41, 5.74) is 0.990. The summed E-state index contributed by atoms with van der Waals surface area (Å²) >= 11 is 0. The molecule has 0 saturated carbocycles. The number of aryl methyl sites for hydroxylation is 2. The molecular formula is C16H18N4O4. The molecule has 1 aliphatic heterocycles. The van der Waals surface area contributed by atoms with E-state index in [1.54, 1.807) is 23.6 Å². The second-order valence-electron chi connectivity index (χ2n) is 5.77. The Morgan fingerprint density at radius 2 is 2.08 bits per heavy atom. The first-order valence-corrected chi connectivity index (χ1v) is 7.66. The van der Waals surface area contributed by atoms with Crippen molar-refractivity contribution in [2.75, 3.05) is 0 Å². The van der Waals surface area contributed by atoms with Gasteiger partial charge in [0.15, 0.2) is 5.82 Å². The van der Waals surface area contributed by atoms with Gasteiger partial charge in [-0.3, -0.25) is 4.79 Å². The van der Waals surface area contributed by atoms with Crippen LogP contribution in [0.2, 0.25) is 0 Å². The number of phenolic OH excluding ortho intramolecular Hbond substituents is 1. The number of nitrogens with zero attached hydrogens (tertiary/aromatic N) is 4. The lowest BCUT2D eigenvalue weighted by Gasteiger charge is -2.33. The van der Waals surface area contributed by atoms with Crippen LogP contribution < -0.4 is 0 Å². The number of hydrogen-bond donors (Lipinski definition) is 2. The molecule has 126 valence electrons. The molecule has 2 aromatic rings. The van der Waals surface area contributed by atoms with E-state index in [4.69, 9.17) is 0 Å². The summed E-state index contributed by atoms with van der Waals surface area (Å²) in [5, 5.41) is 27.5. The highest BCUT2D eigenvalue weighted by Gasteiger charge is 2.37. The van der Waals surface area contributed by atoms with E-state index in [-0.39, 0.29) is 24.4 Å². The number of fused-ring (bicyclic) bond motifs is 1. The molecule has 0 spiro atoms. The minimum Gasteiger partial charge on any atom is -0.507 e. The van der Waals surface area contributed by atoms with Crippen molar-refractivity contribution in [3.05, 3.63) is 41.0 Å². The van der Waals surface area contributed by atoms with Crippen LogP contribution in [-0.4, -0.2) is 47.8 Å². The SMILES string of the molecule is CCc1ccc(O)c(C(=O)N2Cc3nnc(C)n3CC2C(=O)O)c1. The Labute approximate surface area is 138 Å². The molecule has 1 aliphatic rings. The standard InChI is InChI=1S/C16H18N4O4/c1-3-10-4-5-13(21)11(6-10)15(22)20-8-14-18-17-9(2)19(14)7-12(20)16(23)24/h4-6,12,21H,3,7-8H2,1-2H3,(H,23,24). The Kier molecular flexibility index (Phi) is 3.96. The molecule has 1 aromatic heterocycles. The topological polar surface area (TPSA) is 109 Å². The number of carbonyl (C=O) groups excluding carboxylic acids is 1. The van der Waals surface area contributed by atoms with Crippen molar-refractivity contribution in [2.24, 2.45) is 0 Å². The minimum absolute atomic E-state index is 0.0342. The number of aliphatic carboxylic acids is 1. The first-order chi connectivity index (χ1) is 11.4. The van der Waals surface area contributed by atoms with Gasteiger partial charge in [-0.2, -0.15) is 0 Å². The van der Waals surface area contributed by atoms with Crippen molar-refractivity contribution in [1.82, 2.24) is 19.7 Å². The second-order valence-corrected chi connectivity index (χ2v) is 5.77. The van der Waals surface area contributed by atoms with Crippen LogP contribution in [0.4, 0.5) is 0 Å². The lowest BCUT2D eigenvalue weighted by atomic mass is 10.0. The van der Waals surface area contributed by atoms with Crippen molar-refractivity contribution in [3.8, 4) is 5.75 Å². The lowest BCUT2D eigenvalue weighted by Crippen LogP contribution is -2.50. The summed E-state index contributed by atoms with van der Waals surface area (Å²) in [6.45, 7) is 3.80. The van der Waals surface area contributed by atoms with Gasteiger partial charge in [0.2, 0.25) is 0 Å². The first kappa shape index (κ1) is 16.0. The van der Waals surface area contributed by atoms with Gasteiger partial charge in [-0.25, -0.2) is 4.79 Å². The number of carbonyl (C=O) groups is 2. The van der Waals surface area contributed by atoms with Crippen molar-refractivity contribution in [2.45, 2.75) is 39.4 Å². The molecule has 0 radical (unpaired) electrons. The first-order valence-electron chi connectivity index (χ1n) is 7.66. The molecular weight excluding hydrogens is 312 g/mol. The summed E-state index contributed by atoms with van der Waals surface area (Å²) in [7, 11) is 0. The number of aromatic hydroxyl groups is 1. The summed E-state index contributed by atoms with van der Waals surface area (Å²) in [6.07, 6.45) is 0.705. The van der Waals surface area contributed by atoms with Gasteiger partial charge in [0.25, 0.3) is 5.91 Å². The third-order valence-corrected chi connectivity index (χ3v) is 4.30. The van der Waals surface area contributed by atoms with Crippen LogP contribution in [0.15, 0.2) is 18.2 Å². The van der Waals surface area contributed by atoms with Gasteiger partial charge in [-0.15, -0.1) is 10.2 Å². The number of carboxylic acids is 1. The molecule has 1 unspecified atom stereocenters. The van der Waals surface area contributed by atoms with E-state index in [1.165, 1.54) is 11.0 Å². The van der Waals surface area contributed by atoms with Crippen LogP contribution in [0, 0.1) is 6.92 Å². The van der Waals surface area contributed by atoms with E-state index in [0.717, 1.165) is 5.56 Å². The molecule has 1 aromatic carbocycles. The van der Waals surface area contributed by atoms with Gasteiger partial charge in [0.05, 0.1) is 18.7 Å². The van der Waals surface area contributed by atoms with Crippen LogP contribution in [0.3, 0.4) is 0 Å². The highest BCUT2D eigenvalue weighted by Crippen LogP contribution is 2.25. The molecule has 0 saturated heterocycles. The van der Waals surface area contributed by atoms with Gasteiger partial charge in [0, 0.05) is 0 Å². The van der Waals surface area contributed by atoms with Crippen LogP contribution in [0.5, 0.6) is 5.75 Å².